The molecule has 1 aliphatic heterocycles. The van der Waals surface area contributed by atoms with E-state index in [1.807, 2.05) is 25.4 Å². The first kappa shape index (κ1) is 16.9. The maximum Gasteiger partial charge on any atom is 0.223 e. The van der Waals surface area contributed by atoms with Gasteiger partial charge in [0, 0.05) is 52.0 Å². The van der Waals surface area contributed by atoms with E-state index in [9.17, 15) is 0 Å². The zero-order chi connectivity index (χ0) is 17.8. The zero-order valence-electron chi connectivity index (χ0n) is 15.0. The van der Waals surface area contributed by atoms with Gasteiger partial charge in [-0.2, -0.15) is 4.98 Å². The summed E-state index contributed by atoms with van der Waals surface area (Å²) in [6.07, 6.45) is 3.72. The average molecular weight is 349 g/mol. The van der Waals surface area contributed by atoms with Crippen LogP contribution in [0, 0.1) is 6.92 Å². The minimum atomic E-state index is 0.632. The van der Waals surface area contributed by atoms with E-state index in [0.717, 1.165) is 50.7 Å². The summed E-state index contributed by atoms with van der Waals surface area (Å²) in [5.74, 6) is 1.41. The smallest absolute Gasteiger partial charge is 0.223 e. The van der Waals surface area contributed by atoms with Crippen molar-refractivity contribution in [3.63, 3.8) is 0 Å². The second kappa shape index (κ2) is 7.76. The molecule has 1 aliphatic rings. The SMILES string of the molecule is Cc1nc(CN2CCN(Cc3cccc(-c4cccnc4)c3)CC2)no1. The average Bonchev–Trinajstić information content (AvgIpc) is 3.09. The van der Waals surface area contributed by atoms with Crippen LogP contribution in [-0.2, 0) is 13.1 Å². The number of benzene rings is 1. The third kappa shape index (κ3) is 4.15. The first-order valence-electron chi connectivity index (χ1n) is 8.99. The van der Waals surface area contributed by atoms with Crippen LogP contribution in [0.15, 0.2) is 53.3 Å². The number of pyridine rings is 1. The van der Waals surface area contributed by atoms with Crippen LogP contribution in [0.1, 0.15) is 17.3 Å². The monoisotopic (exact) mass is 349 g/mol. The standard InChI is InChI=1S/C20H23N5O/c1-16-22-20(23-26-16)15-25-10-8-24(9-11-25)14-17-4-2-5-18(12-17)19-6-3-7-21-13-19/h2-7,12-13H,8-11,14-15H2,1H3. The highest BCUT2D eigenvalue weighted by atomic mass is 16.5. The van der Waals surface area contributed by atoms with Gasteiger partial charge in [0.15, 0.2) is 5.82 Å². The van der Waals surface area contributed by atoms with E-state index < -0.39 is 0 Å². The quantitative estimate of drug-likeness (QED) is 0.706. The number of piperazine rings is 1. The van der Waals surface area contributed by atoms with Gasteiger partial charge in [-0.25, -0.2) is 0 Å². The molecule has 0 radical (unpaired) electrons. The van der Waals surface area contributed by atoms with Crippen molar-refractivity contribution in [2.75, 3.05) is 26.2 Å². The van der Waals surface area contributed by atoms with E-state index in [1.165, 1.54) is 11.1 Å². The van der Waals surface area contributed by atoms with E-state index in [4.69, 9.17) is 4.52 Å². The fourth-order valence-electron chi connectivity index (χ4n) is 3.35. The first-order chi connectivity index (χ1) is 12.8. The number of aromatic nitrogens is 3. The molecule has 134 valence electrons. The Balaban J connectivity index is 1.33. The minimum Gasteiger partial charge on any atom is -0.340 e. The molecule has 0 bridgehead atoms. The summed E-state index contributed by atoms with van der Waals surface area (Å²) >= 11 is 0. The summed E-state index contributed by atoms with van der Waals surface area (Å²) in [7, 11) is 0. The van der Waals surface area contributed by atoms with Gasteiger partial charge in [-0.1, -0.05) is 29.4 Å². The van der Waals surface area contributed by atoms with Gasteiger partial charge in [0.25, 0.3) is 0 Å². The molecule has 0 unspecified atom stereocenters. The highest BCUT2D eigenvalue weighted by Crippen LogP contribution is 2.20. The van der Waals surface area contributed by atoms with Gasteiger partial charge in [-0.3, -0.25) is 14.8 Å². The zero-order valence-corrected chi connectivity index (χ0v) is 15.0. The molecule has 0 amide bonds. The third-order valence-corrected chi connectivity index (χ3v) is 4.73. The number of aryl methyl sites for hydroxylation is 1. The molecule has 0 N–H and O–H groups in total. The van der Waals surface area contributed by atoms with Crippen molar-refractivity contribution in [1.29, 1.82) is 0 Å². The van der Waals surface area contributed by atoms with Crippen LogP contribution in [0.2, 0.25) is 0 Å². The number of hydrogen-bond donors (Lipinski definition) is 0. The largest absolute Gasteiger partial charge is 0.340 e. The van der Waals surface area contributed by atoms with Crippen molar-refractivity contribution < 1.29 is 4.52 Å². The Labute approximate surface area is 153 Å². The van der Waals surface area contributed by atoms with Crippen molar-refractivity contribution in [2.45, 2.75) is 20.0 Å². The maximum absolute atomic E-state index is 5.05. The molecule has 6 heteroatoms. The topological polar surface area (TPSA) is 58.3 Å². The molecule has 3 heterocycles. The molecular weight excluding hydrogens is 326 g/mol. The molecule has 4 rings (SSSR count). The van der Waals surface area contributed by atoms with Crippen LogP contribution in [0.3, 0.4) is 0 Å². The van der Waals surface area contributed by atoms with Crippen molar-refractivity contribution in [3.8, 4) is 11.1 Å². The van der Waals surface area contributed by atoms with Crippen molar-refractivity contribution in [2.24, 2.45) is 0 Å². The van der Waals surface area contributed by atoms with Gasteiger partial charge in [0.1, 0.15) is 0 Å². The summed E-state index contributed by atoms with van der Waals surface area (Å²) in [6, 6.07) is 12.8. The van der Waals surface area contributed by atoms with Gasteiger partial charge in [-0.05, 0) is 28.8 Å². The second-order valence-corrected chi connectivity index (χ2v) is 6.72. The lowest BCUT2D eigenvalue weighted by molar-refractivity contribution is 0.119. The van der Waals surface area contributed by atoms with Crippen LogP contribution < -0.4 is 0 Å². The summed E-state index contributed by atoms with van der Waals surface area (Å²) in [5, 5.41) is 3.99. The third-order valence-electron chi connectivity index (χ3n) is 4.73. The molecule has 0 spiro atoms. The lowest BCUT2D eigenvalue weighted by atomic mass is 10.0. The molecule has 1 fully saturated rings. The van der Waals surface area contributed by atoms with Gasteiger partial charge < -0.3 is 4.52 Å². The normalized spacial score (nSPS) is 16.0. The maximum atomic E-state index is 5.05. The molecule has 1 saturated heterocycles. The van der Waals surface area contributed by atoms with Gasteiger partial charge in [-0.15, -0.1) is 0 Å². The molecule has 6 nitrogen and oxygen atoms in total. The molecule has 0 saturated carbocycles. The van der Waals surface area contributed by atoms with Crippen LogP contribution in [0.4, 0.5) is 0 Å². The van der Waals surface area contributed by atoms with Crippen LogP contribution in [0.5, 0.6) is 0 Å². The summed E-state index contributed by atoms with van der Waals surface area (Å²) in [4.78, 5) is 13.4. The number of hydrogen-bond acceptors (Lipinski definition) is 6. The second-order valence-electron chi connectivity index (χ2n) is 6.72. The fraction of sp³-hybridized carbons (Fsp3) is 0.350. The predicted octanol–water partition coefficient (Wildman–Crippen LogP) is 2.76. The Morgan fingerprint density at radius 1 is 0.962 bits per heavy atom. The van der Waals surface area contributed by atoms with Crippen LogP contribution in [-0.4, -0.2) is 51.1 Å². The van der Waals surface area contributed by atoms with Crippen molar-refractivity contribution >= 4 is 0 Å². The summed E-state index contributed by atoms with van der Waals surface area (Å²) < 4.78 is 5.05. The molecule has 1 aromatic carbocycles. The van der Waals surface area contributed by atoms with E-state index in [0.29, 0.717) is 5.89 Å². The predicted molar refractivity (Wildman–Crippen MR) is 99.3 cm³/mol. The van der Waals surface area contributed by atoms with Crippen molar-refractivity contribution in [3.05, 3.63) is 66.1 Å². The van der Waals surface area contributed by atoms with E-state index in [1.54, 1.807) is 0 Å². The lowest BCUT2D eigenvalue weighted by Crippen LogP contribution is -2.45. The van der Waals surface area contributed by atoms with E-state index in [-0.39, 0.29) is 0 Å². The summed E-state index contributed by atoms with van der Waals surface area (Å²) in [6.45, 7) is 7.71. The van der Waals surface area contributed by atoms with Gasteiger partial charge in [0.05, 0.1) is 6.54 Å². The van der Waals surface area contributed by atoms with E-state index >= 15 is 0 Å². The minimum absolute atomic E-state index is 0.632. The summed E-state index contributed by atoms with van der Waals surface area (Å²) in [5.41, 5.74) is 3.73. The molecule has 0 aliphatic carbocycles. The van der Waals surface area contributed by atoms with Gasteiger partial charge in [0.2, 0.25) is 5.89 Å². The number of nitrogens with zero attached hydrogens (tertiary/aromatic N) is 5. The molecular formula is C20H23N5O. The number of rotatable bonds is 5. The highest BCUT2D eigenvalue weighted by Gasteiger charge is 2.18. The van der Waals surface area contributed by atoms with Crippen LogP contribution in [0.25, 0.3) is 11.1 Å². The Morgan fingerprint density at radius 2 is 1.73 bits per heavy atom. The van der Waals surface area contributed by atoms with E-state index in [2.05, 4.69) is 55.3 Å². The van der Waals surface area contributed by atoms with Crippen molar-refractivity contribution in [1.82, 2.24) is 24.9 Å². The van der Waals surface area contributed by atoms with Gasteiger partial charge >= 0.3 is 0 Å². The first-order valence-corrected chi connectivity index (χ1v) is 8.99. The molecule has 3 aromatic rings. The lowest BCUT2D eigenvalue weighted by Gasteiger charge is -2.34. The fourth-order valence-corrected chi connectivity index (χ4v) is 3.35. The Kier molecular flexibility index (Phi) is 5.04. The highest BCUT2D eigenvalue weighted by molar-refractivity contribution is 5.62. The Morgan fingerprint density at radius 3 is 2.42 bits per heavy atom. The molecule has 2 aromatic heterocycles. The van der Waals surface area contributed by atoms with Crippen LogP contribution >= 0.6 is 0 Å². The Bertz CT molecular complexity index is 840. The Hall–Kier alpha value is -2.57. The molecule has 0 atom stereocenters. The molecule has 26 heavy (non-hydrogen) atoms.